The topological polar surface area (TPSA) is 22.1 Å². The van der Waals surface area contributed by atoms with Crippen LogP contribution in [0.3, 0.4) is 0 Å². The second-order valence-corrected chi connectivity index (χ2v) is 4.43. The number of para-hydroxylation sites is 1. The standard InChI is InChI=1S/C14H11ClF3NO/c1-2-9-7-10(8-19-13(9)15)20-12-6-4-3-5-11(12)14(16,17)18/h3-8H,2H2,1H3. The zero-order chi connectivity index (χ0) is 14.8. The van der Waals surface area contributed by atoms with Gasteiger partial charge in [-0.05, 0) is 30.2 Å². The largest absolute Gasteiger partial charge is 0.455 e. The van der Waals surface area contributed by atoms with Gasteiger partial charge in [-0.1, -0.05) is 30.7 Å². The van der Waals surface area contributed by atoms with Crippen molar-refractivity contribution in [1.29, 1.82) is 0 Å². The number of halogens is 4. The molecule has 2 aromatic rings. The Hall–Kier alpha value is -1.75. The molecule has 6 heteroatoms. The van der Waals surface area contributed by atoms with Crippen LogP contribution in [0.15, 0.2) is 36.5 Å². The molecule has 0 N–H and O–H groups in total. The third-order valence-electron chi connectivity index (χ3n) is 2.69. The van der Waals surface area contributed by atoms with E-state index in [2.05, 4.69) is 4.98 Å². The lowest BCUT2D eigenvalue weighted by Gasteiger charge is -2.13. The highest BCUT2D eigenvalue weighted by Gasteiger charge is 2.34. The molecule has 1 aromatic heterocycles. The molecule has 0 amide bonds. The molecule has 0 aliphatic heterocycles. The van der Waals surface area contributed by atoms with Crippen molar-refractivity contribution in [3.05, 3.63) is 52.8 Å². The minimum Gasteiger partial charge on any atom is -0.455 e. The van der Waals surface area contributed by atoms with E-state index in [0.29, 0.717) is 17.1 Å². The summed E-state index contributed by atoms with van der Waals surface area (Å²) in [6, 6.07) is 6.62. The van der Waals surface area contributed by atoms with Crippen molar-refractivity contribution in [1.82, 2.24) is 4.98 Å². The number of alkyl halides is 3. The van der Waals surface area contributed by atoms with Crippen molar-refractivity contribution in [3.63, 3.8) is 0 Å². The molecule has 0 radical (unpaired) electrons. The molecule has 0 aliphatic rings. The summed E-state index contributed by atoms with van der Waals surface area (Å²) in [5.74, 6) is -0.0332. The van der Waals surface area contributed by atoms with Gasteiger partial charge in [0.25, 0.3) is 0 Å². The number of hydrogen-bond acceptors (Lipinski definition) is 2. The number of aryl methyl sites for hydroxylation is 1. The second kappa shape index (κ2) is 5.71. The molecule has 1 heterocycles. The van der Waals surface area contributed by atoms with Gasteiger partial charge < -0.3 is 4.74 Å². The Morgan fingerprint density at radius 3 is 2.60 bits per heavy atom. The third kappa shape index (κ3) is 3.22. The van der Waals surface area contributed by atoms with Crippen LogP contribution in [0.4, 0.5) is 13.2 Å². The summed E-state index contributed by atoms with van der Waals surface area (Å²) in [6.07, 6.45) is -2.55. The van der Waals surface area contributed by atoms with Crippen LogP contribution in [-0.2, 0) is 12.6 Å². The average molecular weight is 302 g/mol. The molecule has 0 unspecified atom stereocenters. The molecular weight excluding hydrogens is 291 g/mol. The van der Waals surface area contributed by atoms with E-state index in [-0.39, 0.29) is 11.5 Å². The van der Waals surface area contributed by atoms with Gasteiger partial charge in [0.05, 0.1) is 11.8 Å². The Morgan fingerprint density at radius 2 is 1.95 bits per heavy atom. The van der Waals surface area contributed by atoms with Gasteiger partial charge in [0, 0.05) is 0 Å². The smallest absolute Gasteiger partial charge is 0.419 e. The van der Waals surface area contributed by atoms with Crippen molar-refractivity contribution in [2.24, 2.45) is 0 Å². The van der Waals surface area contributed by atoms with Crippen LogP contribution < -0.4 is 4.74 Å². The Morgan fingerprint density at radius 1 is 1.25 bits per heavy atom. The van der Waals surface area contributed by atoms with Gasteiger partial charge in [-0.2, -0.15) is 13.2 Å². The van der Waals surface area contributed by atoms with Crippen molar-refractivity contribution in [2.45, 2.75) is 19.5 Å². The molecule has 2 nitrogen and oxygen atoms in total. The maximum absolute atomic E-state index is 12.8. The average Bonchev–Trinajstić information content (AvgIpc) is 2.40. The maximum atomic E-state index is 12.8. The van der Waals surface area contributed by atoms with E-state index < -0.39 is 11.7 Å². The molecule has 0 spiro atoms. The van der Waals surface area contributed by atoms with Crippen molar-refractivity contribution in [2.75, 3.05) is 0 Å². The molecular formula is C14H11ClF3NO. The van der Waals surface area contributed by atoms with Crippen LogP contribution in [0.1, 0.15) is 18.1 Å². The van der Waals surface area contributed by atoms with Crippen molar-refractivity contribution in [3.8, 4) is 11.5 Å². The summed E-state index contributed by atoms with van der Waals surface area (Å²) >= 11 is 5.86. The molecule has 106 valence electrons. The van der Waals surface area contributed by atoms with E-state index in [1.165, 1.54) is 24.4 Å². The SMILES string of the molecule is CCc1cc(Oc2ccccc2C(F)(F)F)cnc1Cl. The molecule has 0 saturated heterocycles. The summed E-state index contributed by atoms with van der Waals surface area (Å²) in [7, 11) is 0. The van der Waals surface area contributed by atoms with Gasteiger partial charge in [0.1, 0.15) is 16.7 Å². The molecule has 0 fully saturated rings. The Balaban J connectivity index is 2.36. The lowest BCUT2D eigenvalue weighted by molar-refractivity contribution is -0.138. The summed E-state index contributed by atoms with van der Waals surface area (Å²) in [6.45, 7) is 1.87. The molecule has 0 saturated carbocycles. The van der Waals surface area contributed by atoms with Gasteiger partial charge in [0.15, 0.2) is 0 Å². The minimum atomic E-state index is -4.47. The van der Waals surface area contributed by atoms with E-state index in [9.17, 15) is 13.2 Å². The van der Waals surface area contributed by atoms with Crippen molar-refractivity contribution < 1.29 is 17.9 Å². The first-order chi connectivity index (χ1) is 9.41. The number of ether oxygens (including phenoxy) is 1. The molecule has 0 bridgehead atoms. The molecule has 20 heavy (non-hydrogen) atoms. The summed E-state index contributed by atoms with van der Waals surface area (Å²) in [5.41, 5.74) is -0.110. The Bertz CT molecular complexity index is 614. The van der Waals surface area contributed by atoms with Gasteiger partial charge in [-0.25, -0.2) is 4.98 Å². The minimum absolute atomic E-state index is 0.225. The maximum Gasteiger partial charge on any atom is 0.419 e. The summed E-state index contributed by atoms with van der Waals surface area (Å²) < 4.78 is 43.8. The predicted molar refractivity (Wildman–Crippen MR) is 70.1 cm³/mol. The van der Waals surface area contributed by atoms with Crippen LogP contribution >= 0.6 is 11.6 Å². The fourth-order valence-electron chi connectivity index (χ4n) is 1.69. The fourth-order valence-corrected chi connectivity index (χ4v) is 1.93. The van der Waals surface area contributed by atoms with Gasteiger partial charge >= 0.3 is 6.18 Å². The molecule has 2 rings (SSSR count). The van der Waals surface area contributed by atoms with Crippen LogP contribution in [0.2, 0.25) is 5.15 Å². The first-order valence-corrected chi connectivity index (χ1v) is 6.28. The second-order valence-electron chi connectivity index (χ2n) is 4.07. The van der Waals surface area contributed by atoms with Crippen molar-refractivity contribution >= 4 is 11.6 Å². The zero-order valence-corrected chi connectivity index (χ0v) is 11.3. The zero-order valence-electron chi connectivity index (χ0n) is 10.5. The number of rotatable bonds is 3. The number of hydrogen-bond donors (Lipinski definition) is 0. The highest BCUT2D eigenvalue weighted by Crippen LogP contribution is 2.38. The Labute approximate surface area is 119 Å². The molecule has 0 atom stereocenters. The predicted octanol–water partition coefficient (Wildman–Crippen LogP) is 5.11. The third-order valence-corrected chi connectivity index (χ3v) is 3.03. The van der Waals surface area contributed by atoms with E-state index >= 15 is 0 Å². The highest BCUT2D eigenvalue weighted by molar-refractivity contribution is 6.30. The van der Waals surface area contributed by atoms with Crippen LogP contribution in [-0.4, -0.2) is 4.98 Å². The molecule has 1 aromatic carbocycles. The normalized spacial score (nSPS) is 11.4. The number of aromatic nitrogens is 1. The fraction of sp³-hybridized carbons (Fsp3) is 0.214. The van der Waals surface area contributed by atoms with E-state index in [4.69, 9.17) is 16.3 Å². The van der Waals surface area contributed by atoms with Gasteiger partial charge in [-0.15, -0.1) is 0 Å². The van der Waals surface area contributed by atoms with Gasteiger partial charge in [0.2, 0.25) is 0 Å². The lowest BCUT2D eigenvalue weighted by Crippen LogP contribution is -2.06. The number of benzene rings is 1. The Kier molecular flexibility index (Phi) is 4.18. The molecule has 0 aliphatic carbocycles. The van der Waals surface area contributed by atoms with E-state index in [1.54, 1.807) is 6.07 Å². The van der Waals surface area contributed by atoms with Crippen LogP contribution in [0.25, 0.3) is 0 Å². The summed E-state index contributed by atoms with van der Waals surface area (Å²) in [5, 5.41) is 0.323. The van der Waals surface area contributed by atoms with Crippen LogP contribution in [0, 0.1) is 0 Å². The van der Waals surface area contributed by atoms with Crippen LogP contribution in [0.5, 0.6) is 11.5 Å². The number of pyridine rings is 1. The number of nitrogens with zero attached hydrogens (tertiary/aromatic N) is 1. The first kappa shape index (κ1) is 14.7. The lowest BCUT2D eigenvalue weighted by atomic mass is 10.2. The summed E-state index contributed by atoms with van der Waals surface area (Å²) in [4.78, 5) is 3.90. The van der Waals surface area contributed by atoms with E-state index in [1.807, 2.05) is 6.92 Å². The van der Waals surface area contributed by atoms with Gasteiger partial charge in [-0.3, -0.25) is 0 Å². The quantitative estimate of drug-likeness (QED) is 0.735. The highest BCUT2D eigenvalue weighted by atomic mass is 35.5. The van der Waals surface area contributed by atoms with E-state index in [0.717, 1.165) is 6.07 Å². The first-order valence-electron chi connectivity index (χ1n) is 5.90. The monoisotopic (exact) mass is 301 g/mol.